The number of rotatable bonds is 4. The Balaban J connectivity index is 1.60. The quantitative estimate of drug-likeness (QED) is 0.708. The third kappa shape index (κ3) is 2.93. The van der Waals surface area contributed by atoms with E-state index in [0.29, 0.717) is 6.61 Å². The first-order valence-electron chi connectivity index (χ1n) is 5.31. The molecule has 76 valence electrons. The van der Waals surface area contributed by atoms with E-state index in [1.54, 1.807) is 0 Å². The fourth-order valence-corrected chi connectivity index (χ4v) is 1.69. The smallest absolute Gasteiger partial charge is 0.0959 e. The van der Waals surface area contributed by atoms with Crippen molar-refractivity contribution in [2.75, 3.05) is 19.8 Å². The van der Waals surface area contributed by atoms with Crippen LogP contribution in [0.5, 0.6) is 0 Å². The van der Waals surface area contributed by atoms with E-state index >= 15 is 0 Å². The van der Waals surface area contributed by atoms with E-state index in [0.717, 1.165) is 25.6 Å². The summed E-state index contributed by atoms with van der Waals surface area (Å²) in [5.74, 6) is 0.945. The van der Waals surface area contributed by atoms with E-state index in [1.165, 1.54) is 19.3 Å². The maximum atomic E-state index is 5.91. The first-order chi connectivity index (χ1) is 6.36. The van der Waals surface area contributed by atoms with E-state index in [2.05, 4.69) is 0 Å². The minimum Gasteiger partial charge on any atom is -0.379 e. The Bertz CT molecular complexity index is 159. The van der Waals surface area contributed by atoms with Crippen molar-refractivity contribution in [1.82, 2.24) is 0 Å². The Labute approximate surface area is 79.6 Å². The predicted molar refractivity (Wildman–Crippen MR) is 50.5 cm³/mol. The topological polar surface area (TPSA) is 44.5 Å². The normalized spacial score (nSPS) is 34.8. The molecule has 0 aromatic carbocycles. The van der Waals surface area contributed by atoms with Crippen molar-refractivity contribution in [3.05, 3.63) is 0 Å². The second-order valence-corrected chi connectivity index (χ2v) is 4.17. The molecular weight excluding hydrogens is 166 g/mol. The zero-order valence-electron chi connectivity index (χ0n) is 8.08. The van der Waals surface area contributed by atoms with Crippen molar-refractivity contribution in [2.45, 2.75) is 37.8 Å². The Morgan fingerprint density at radius 3 is 2.85 bits per heavy atom. The first kappa shape index (κ1) is 9.44. The maximum Gasteiger partial charge on any atom is 0.0959 e. The summed E-state index contributed by atoms with van der Waals surface area (Å²) in [7, 11) is 0. The molecule has 0 aromatic heterocycles. The monoisotopic (exact) mass is 185 g/mol. The van der Waals surface area contributed by atoms with Crippen LogP contribution in [0.25, 0.3) is 0 Å². The highest BCUT2D eigenvalue weighted by Crippen LogP contribution is 2.32. The lowest BCUT2D eigenvalue weighted by Gasteiger charge is -2.28. The molecule has 1 aliphatic heterocycles. The van der Waals surface area contributed by atoms with Gasteiger partial charge in [0.2, 0.25) is 0 Å². The lowest BCUT2D eigenvalue weighted by atomic mass is 10.1. The molecule has 1 aliphatic carbocycles. The number of nitrogens with two attached hydrogens (primary N) is 1. The van der Waals surface area contributed by atoms with Crippen LogP contribution >= 0.6 is 0 Å². The average molecular weight is 185 g/mol. The van der Waals surface area contributed by atoms with Crippen molar-refractivity contribution in [3.8, 4) is 0 Å². The van der Waals surface area contributed by atoms with Gasteiger partial charge in [-0.2, -0.15) is 0 Å². The molecule has 2 N–H and O–H groups in total. The highest BCUT2D eigenvalue weighted by molar-refractivity contribution is 4.78. The van der Waals surface area contributed by atoms with E-state index in [9.17, 15) is 0 Å². The van der Waals surface area contributed by atoms with Gasteiger partial charge in [0, 0.05) is 19.3 Å². The highest BCUT2D eigenvalue weighted by Gasteiger charge is 2.25. The first-order valence-corrected chi connectivity index (χ1v) is 5.31. The fraction of sp³-hybridized carbons (Fsp3) is 1.00. The van der Waals surface area contributed by atoms with Crippen LogP contribution in [0, 0.1) is 5.92 Å². The van der Waals surface area contributed by atoms with E-state index < -0.39 is 0 Å². The maximum absolute atomic E-state index is 5.91. The lowest BCUT2D eigenvalue weighted by molar-refractivity contribution is -0.0623. The van der Waals surface area contributed by atoms with Crippen molar-refractivity contribution < 1.29 is 9.47 Å². The molecule has 2 rings (SSSR count). The number of hydrogen-bond donors (Lipinski definition) is 1. The Kier molecular flexibility index (Phi) is 3.19. The standard InChI is InChI=1S/C10H19NO2/c11-9-4-5-12-7-10(9)13-6-3-8-1-2-8/h8-10H,1-7,11H2. The fourth-order valence-electron chi connectivity index (χ4n) is 1.69. The minimum atomic E-state index is 0.146. The zero-order chi connectivity index (χ0) is 9.10. The molecule has 2 unspecified atom stereocenters. The molecule has 1 saturated heterocycles. The summed E-state index contributed by atoms with van der Waals surface area (Å²) in [6.45, 7) is 2.35. The van der Waals surface area contributed by atoms with Gasteiger partial charge in [-0.25, -0.2) is 0 Å². The van der Waals surface area contributed by atoms with Crippen LogP contribution in [0.3, 0.4) is 0 Å². The minimum absolute atomic E-state index is 0.146. The van der Waals surface area contributed by atoms with Gasteiger partial charge in [0.05, 0.1) is 12.7 Å². The molecular formula is C10H19NO2. The molecule has 0 aromatic rings. The summed E-state index contributed by atoms with van der Waals surface area (Å²) in [5, 5.41) is 0. The van der Waals surface area contributed by atoms with Gasteiger partial charge in [-0.15, -0.1) is 0 Å². The van der Waals surface area contributed by atoms with E-state index in [-0.39, 0.29) is 12.1 Å². The largest absolute Gasteiger partial charge is 0.379 e. The van der Waals surface area contributed by atoms with E-state index in [1.807, 2.05) is 0 Å². The number of ether oxygens (including phenoxy) is 2. The van der Waals surface area contributed by atoms with E-state index in [4.69, 9.17) is 15.2 Å². The third-order valence-corrected chi connectivity index (χ3v) is 2.91. The molecule has 1 saturated carbocycles. The molecule has 3 heteroatoms. The van der Waals surface area contributed by atoms with Crippen LogP contribution in [0.1, 0.15) is 25.7 Å². The van der Waals surface area contributed by atoms with Gasteiger partial charge in [0.1, 0.15) is 0 Å². The van der Waals surface area contributed by atoms with Gasteiger partial charge in [0.15, 0.2) is 0 Å². The highest BCUT2D eigenvalue weighted by atomic mass is 16.5. The number of hydrogen-bond acceptors (Lipinski definition) is 3. The SMILES string of the molecule is NC1CCOCC1OCCC1CC1. The van der Waals surface area contributed by atoms with Gasteiger partial charge in [-0.1, -0.05) is 12.8 Å². The van der Waals surface area contributed by atoms with Crippen molar-refractivity contribution in [2.24, 2.45) is 11.7 Å². The molecule has 3 nitrogen and oxygen atoms in total. The van der Waals surface area contributed by atoms with Crippen LogP contribution in [-0.4, -0.2) is 32.0 Å². The second-order valence-electron chi connectivity index (χ2n) is 4.17. The molecule has 2 atom stereocenters. The van der Waals surface area contributed by atoms with Crippen LogP contribution in [0.15, 0.2) is 0 Å². The molecule has 2 aliphatic rings. The average Bonchev–Trinajstić information content (AvgIpc) is 2.92. The molecule has 0 bridgehead atoms. The summed E-state index contributed by atoms with van der Waals surface area (Å²) in [4.78, 5) is 0. The zero-order valence-corrected chi connectivity index (χ0v) is 8.08. The molecule has 0 spiro atoms. The van der Waals surface area contributed by atoms with Gasteiger partial charge in [-0.05, 0) is 18.8 Å². The summed E-state index contributed by atoms with van der Waals surface area (Å²) < 4.78 is 11.0. The van der Waals surface area contributed by atoms with Crippen LogP contribution < -0.4 is 5.73 Å². The van der Waals surface area contributed by atoms with Crippen LogP contribution in [0.4, 0.5) is 0 Å². The van der Waals surface area contributed by atoms with Gasteiger partial charge in [0.25, 0.3) is 0 Å². The van der Waals surface area contributed by atoms with Gasteiger partial charge in [-0.3, -0.25) is 0 Å². The van der Waals surface area contributed by atoms with Gasteiger partial charge < -0.3 is 15.2 Å². The molecule has 0 amide bonds. The molecule has 13 heavy (non-hydrogen) atoms. The Hall–Kier alpha value is -0.120. The van der Waals surface area contributed by atoms with Gasteiger partial charge >= 0.3 is 0 Å². The van der Waals surface area contributed by atoms with Crippen LogP contribution in [0.2, 0.25) is 0 Å². The van der Waals surface area contributed by atoms with Crippen molar-refractivity contribution >= 4 is 0 Å². The predicted octanol–water partition coefficient (Wildman–Crippen LogP) is 0.919. The lowest BCUT2D eigenvalue weighted by Crippen LogP contribution is -2.44. The Morgan fingerprint density at radius 2 is 2.15 bits per heavy atom. The summed E-state index contributed by atoms with van der Waals surface area (Å²) in [5.41, 5.74) is 5.91. The van der Waals surface area contributed by atoms with Crippen molar-refractivity contribution in [3.63, 3.8) is 0 Å². The molecule has 2 fully saturated rings. The second kappa shape index (κ2) is 4.40. The van der Waals surface area contributed by atoms with Crippen molar-refractivity contribution in [1.29, 1.82) is 0 Å². The van der Waals surface area contributed by atoms with Crippen LogP contribution in [-0.2, 0) is 9.47 Å². The Morgan fingerprint density at radius 1 is 1.31 bits per heavy atom. The molecule has 1 heterocycles. The molecule has 0 radical (unpaired) electrons. The third-order valence-electron chi connectivity index (χ3n) is 2.91. The summed E-state index contributed by atoms with van der Waals surface area (Å²) in [6, 6.07) is 0.188. The summed E-state index contributed by atoms with van der Waals surface area (Å²) >= 11 is 0. The summed E-state index contributed by atoms with van der Waals surface area (Å²) in [6.07, 6.45) is 5.09.